The lowest BCUT2D eigenvalue weighted by Crippen LogP contribution is -2.24. The Morgan fingerprint density at radius 3 is 1.89 bits per heavy atom. The Morgan fingerprint density at radius 1 is 0.857 bits per heavy atom. The van der Waals surface area contributed by atoms with Crippen LogP contribution in [0, 0.1) is 0 Å². The molecule has 6 heteroatoms. The Bertz CT molecular complexity index is 763. The maximum Gasteiger partial charge on any atom is 0.266 e. The summed E-state index contributed by atoms with van der Waals surface area (Å²) >= 11 is 0. The van der Waals surface area contributed by atoms with Gasteiger partial charge < -0.3 is 9.47 Å². The first kappa shape index (κ1) is 23.5. The van der Waals surface area contributed by atoms with Crippen molar-refractivity contribution in [3.8, 4) is 0 Å². The Hall–Kier alpha value is -2.50. The molecule has 0 unspecified atom stereocenters. The van der Waals surface area contributed by atoms with Crippen molar-refractivity contribution in [2.45, 2.75) is 52.9 Å². The van der Waals surface area contributed by atoms with E-state index in [0.717, 1.165) is 30.1 Å². The molecule has 1 aliphatic rings. The van der Waals surface area contributed by atoms with Crippen LogP contribution < -0.4 is 0 Å². The molecule has 0 aromatic rings. The number of halogens is 2. The number of hydrogen-bond donors (Lipinski definition) is 0. The van der Waals surface area contributed by atoms with Crippen LogP contribution in [0.2, 0.25) is 0 Å². The molecular formula is C22H28F2O4. The molecule has 0 atom stereocenters. The highest BCUT2D eigenvalue weighted by atomic mass is 19.3. The van der Waals surface area contributed by atoms with Gasteiger partial charge in [0.05, 0.1) is 14.2 Å². The van der Waals surface area contributed by atoms with Crippen LogP contribution in [0.3, 0.4) is 0 Å². The minimum Gasteiger partial charge on any atom is -0.489 e. The fourth-order valence-electron chi connectivity index (χ4n) is 2.87. The number of ether oxygens (including phenoxy) is 2. The van der Waals surface area contributed by atoms with Crippen LogP contribution in [-0.4, -0.2) is 25.8 Å². The van der Waals surface area contributed by atoms with Gasteiger partial charge in [-0.2, -0.15) is 8.78 Å². The number of hydrogen-bond acceptors (Lipinski definition) is 4. The summed E-state index contributed by atoms with van der Waals surface area (Å²) in [5, 5.41) is 0. The van der Waals surface area contributed by atoms with E-state index < -0.39 is 6.08 Å². The number of carbonyl (C=O) groups excluding carboxylic acids is 2. The van der Waals surface area contributed by atoms with E-state index in [1.807, 2.05) is 26.0 Å². The second kappa shape index (κ2) is 11.4. The molecule has 0 aromatic heterocycles. The third kappa shape index (κ3) is 6.59. The highest BCUT2D eigenvalue weighted by Crippen LogP contribution is 2.28. The second-order valence-electron chi connectivity index (χ2n) is 6.70. The topological polar surface area (TPSA) is 52.6 Å². The lowest BCUT2D eigenvalue weighted by Gasteiger charge is -2.19. The molecule has 0 heterocycles. The lowest BCUT2D eigenvalue weighted by molar-refractivity contribution is -0.121. The van der Waals surface area contributed by atoms with Crippen molar-refractivity contribution in [3.05, 3.63) is 58.1 Å². The zero-order valence-corrected chi connectivity index (χ0v) is 17.2. The van der Waals surface area contributed by atoms with Crippen molar-refractivity contribution in [3.63, 3.8) is 0 Å². The number of Topliss-reactive ketones (excluding diaryl/α,β-unsaturated/α-hetero) is 2. The van der Waals surface area contributed by atoms with Gasteiger partial charge in [0.15, 0.2) is 0 Å². The Kier molecular flexibility index (Phi) is 9.56. The summed E-state index contributed by atoms with van der Waals surface area (Å²) in [4.78, 5) is 24.9. The van der Waals surface area contributed by atoms with Crippen LogP contribution >= 0.6 is 0 Å². The van der Waals surface area contributed by atoms with E-state index >= 15 is 0 Å². The van der Waals surface area contributed by atoms with Crippen molar-refractivity contribution >= 4 is 11.6 Å². The van der Waals surface area contributed by atoms with E-state index in [1.54, 1.807) is 6.92 Å². The largest absolute Gasteiger partial charge is 0.489 e. The molecule has 0 fully saturated rings. The van der Waals surface area contributed by atoms with Crippen LogP contribution in [0.25, 0.3) is 0 Å². The monoisotopic (exact) mass is 394 g/mol. The van der Waals surface area contributed by atoms with Gasteiger partial charge in [-0.25, -0.2) is 0 Å². The highest BCUT2D eigenvalue weighted by Gasteiger charge is 2.33. The van der Waals surface area contributed by atoms with Gasteiger partial charge in [0, 0.05) is 11.1 Å². The third-order valence-corrected chi connectivity index (χ3v) is 4.62. The van der Waals surface area contributed by atoms with Gasteiger partial charge in [0.2, 0.25) is 23.1 Å². The van der Waals surface area contributed by atoms with Crippen LogP contribution in [0.5, 0.6) is 0 Å². The molecular weight excluding hydrogens is 366 g/mol. The van der Waals surface area contributed by atoms with Gasteiger partial charge in [0.1, 0.15) is 0 Å². The second-order valence-corrected chi connectivity index (χ2v) is 6.70. The maximum atomic E-state index is 12.6. The molecule has 0 aliphatic heterocycles. The zero-order valence-electron chi connectivity index (χ0n) is 17.2. The molecule has 154 valence electrons. The van der Waals surface area contributed by atoms with Crippen LogP contribution in [0.4, 0.5) is 8.78 Å². The lowest BCUT2D eigenvalue weighted by atomic mass is 9.90. The summed E-state index contributed by atoms with van der Waals surface area (Å²) in [7, 11) is 2.67. The van der Waals surface area contributed by atoms with Crippen molar-refractivity contribution in [2.75, 3.05) is 14.2 Å². The van der Waals surface area contributed by atoms with Crippen molar-refractivity contribution in [1.29, 1.82) is 0 Å². The predicted molar refractivity (Wildman–Crippen MR) is 105 cm³/mol. The summed E-state index contributed by atoms with van der Waals surface area (Å²) in [6, 6.07) is 0. The smallest absolute Gasteiger partial charge is 0.266 e. The summed E-state index contributed by atoms with van der Waals surface area (Å²) in [6.45, 7) is 5.50. The van der Waals surface area contributed by atoms with Crippen LogP contribution in [-0.2, 0) is 19.1 Å². The summed E-state index contributed by atoms with van der Waals surface area (Å²) in [5.41, 5.74) is 2.93. The maximum absolute atomic E-state index is 12.6. The van der Waals surface area contributed by atoms with Crippen molar-refractivity contribution in [2.24, 2.45) is 0 Å². The number of carbonyl (C=O) groups is 2. The van der Waals surface area contributed by atoms with E-state index in [0.29, 0.717) is 30.4 Å². The Morgan fingerprint density at radius 2 is 1.36 bits per heavy atom. The molecule has 0 bridgehead atoms. The molecule has 0 aromatic carbocycles. The third-order valence-electron chi connectivity index (χ3n) is 4.62. The summed E-state index contributed by atoms with van der Waals surface area (Å²) in [5.74, 6) is -0.782. The highest BCUT2D eigenvalue weighted by molar-refractivity contribution is 6.23. The first-order valence-corrected chi connectivity index (χ1v) is 9.16. The quantitative estimate of drug-likeness (QED) is 0.358. The normalized spacial score (nSPS) is 16.0. The van der Waals surface area contributed by atoms with Gasteiger partial charge in [-0.1, -0.05) is 23.3 Å². The van der Waals surface area contributed by atoms with E-state index in [9.17, 15) is 18.4 Å². The molecule has 28 heavy (non-hydrogen) atoms. The molecule has 0 N–H and O–H groups in total. The molecule has 1 aliphatic carbocycles. The molecule has 1 rings (SSSR count). The van der Waals surface area contributed by atoms with E-state index in [4.69, 9.17) is 9.47 Å². The molecule has 0 saturated heterocycles. The minimum atomic E-state index is -1.64. The van der Waals surface area contributed by atoms with Gasteiger partial charge in [-0.15, -0.1) is 0 Å². The minimum absolute atomic E-state index is 0.0578. The van der Waals surface area contributed by atoms with Gasteiger partial charge in [0.25, 0.3) is 6.08 Å². The average Bonchev–Trinajstić information content (AvgIpc) is 2.64. The molecule has 4 nitrogen and oxygen atoms in total. The van der Waals surface area contributed by atoms with Crippen LogP contribution in [0.15, 0.2) is 58.1 Å². The van der Waals surface area contributed by atoms with Crippen molar-refractivity contribution < 1.29 is 27.8 Å². The molecule has 0 spiro atoms. The van der Waals surface area contributed by atoms with E-state index in [1.165, 1.54) is 14.2 Å². The fraction of sp³-hybridized carbons (Fsp3) is 0.455. The summed E-state index contributed by atoms with van der Waals surface area (Å²) in [6.07, 6.45) is 6.12. The number of ketones is 2. The zero-order chi connectivity index (χ0) is 21.3. The van der Waals surface area contributed by atoms with Crippen LogP contribution in [0.1, 0.15) is 52.9 Å². The Balaban J connectivity index is 2.70. The Labute approximate surface area is 165 Å². The van der Waals surface area contributed by atoms with Gasteiger partial charge in [-0.3, -0.25) is 9.59 Å². The van der Waals surface area contributed by atoms with E-state index in [-0.39, 0.29) is 23.1 Å². The summed E-state index contributed by atoms with van der Waals surface area (Å²) < 4.78 is 34.1. The molecule has 0 saturated carbocycles. The van der Waals surface area contributed by atoms with Gasteiger partial charge in [-0.05, 0) is 59.0 Å². The predicted octanol–water partition coefficient (Wildman–Crippen LogP) is 5.58. The molecule has 0 radical (unpaired) electrons. The standard InChI is InChI=1S/C22H28F2O4/c1-14(10-7-11-18(23)24)8-6-9-15(2)12-13-17-16(3)19(25)21(27-4)22(28-5)20(17)26/h8,11-12H,6-7,9-10,13H2,1-5H3/b14-8+,15-12+. The number of methoxy groups -OCH3 is 2. The average molecular weight is 394 g/mol. The first-order valence-electron chi connectivity index (χ1n) is 9.16. The van der Waals surface area contributed by atoms with Crippen molar-refractivity contribution in [1.82, 2.24) is 0 Å². The van der Waals surface area contributed by atoms with Gasteiger partial charge >= 0.3 is 0 Å². The number of rotatable bonds is 10. The fourth-order valence-corrected chi connectivity index (χ4v) is 2.87. The first-order chi connectivity index (χ1) is 13.2. The SMILES string of the molecule is COC1=C(OC)C(=O)C(C/C=C(\C)CC/C=C(\C)CCC=C(F)F)=C(C)C1=O. The van der Waals surface area contributed by atoms with E-state index in [2.05, 4.69) is 0 Å². The molecule has 0 amide bonds. The number of allylic oxidation sites excluding steroid dienone is 7.